The van der Waals surface area contributed by atoms with E-state index < -0.39 is 78.5 Å². The highest BCUT2D eigenvalue weighted by Crippen LogP contribution is 2.09. The fourth-order valence-electron chi connectivity index (χ4n) is 2.47. The SMILES string of the molecule is CCC(C)C(NC(=O)C(CCC(=O)O)NC(=O)C(C)NC(=O)C(N)CC(N)=O)C(=O)O. The lowest BCUT2D eigenvalue weighted by Gasteiger charge is -2.25. The van der Waals surface area contributed by atoms with Crippen LogP contribution in [-0.2, 0) is 28.8 Å². The second-order valence-corrected chi connectivity index (χ2v) is 7.21. The number of carbonyl (C=O) groups is 6. The van der Waals surface area contributed by atoms with Crippen molar-refractivity contribution in [3.8, 4) is 0 Å². The molecule has 0 saturated heterocycles. The molecule has 31 heavy (non-hydrogen) atoms. The Kier molecular flexibility index (Phi) is 11.8. The lowest BCUT2D eigenvalue weighted by Crippen LogP contribution is -2.57. The smallest absolute Gasteiger partial charge is 0.326 e. The van der Waals surface area contributed by atoms with E-state index in [1.807, 2.05) is 0 Å². The monoisotopic (exact) mass is 445 g/mol. The highest BCUT2D eigenvalue weighted by atomic mass is 16.4. The maximum atomic E-state index is 12.6. The molecule has 0 aliphatic carbocycles. The summed E-state index contributed by atoms with van der Waals surface area (Å²) in [6.07, 6.45) is -0.751. The quantitative estimate of drug-likeness (QED) is 0.151. The molecule has 0 aromatic heterocycles. The summed E-state index contributed by atoms with van der Waals surface area (Å²) < 4.78 is 0. The summed E-state index contributed by atoms with van der Waals surface area (Å²) in [6, 6.07) is -5.04. The van der Waals surface area contributed by atoms with Crippen molar-refractivity contribution in [1.29, 1.82) is 0 Å². The molecule has 0 aliphatic rings. The summed E-state index contributed by atoms with van der Waals surface area (Å²) in [5, 5.41) is 25.1. The Bertz CT molecular complexity index is 698. The topological polar surface area (TPSA) is 231 Å². The van der Waals surface area contributed by atoms with Crippen LogP contribution < -0.4 is 27.4 Å². The number of hydrogen-bond acceptors (Lipinski definition) is 7. The van der Waals surface area contributed by atoms with Crippen molar-refractivity contribution in [2.24, 2.45) is 17.4 Å². The van der Waals surface area contributed by atoms with Crippen LogP contribution in [0.25, 0.3) is 0 Å². The Morgan fingerprint density at radius 3 is 1.94 bits per heavy atom. The lowest BCUT2D eigenvalue weighted by atomic mass is 9.98. The van der Waals surface area contributed by atoms with Crippen LogP contribution in [0, 0.1) is 5.92 Å². The van der Waals surface area contributed by atoms with Crippen LogP contribution in [0.2, 0.25) is 0 Å². The summed E-state index contributed by atoms with van der Waals surface area (Å²) in [6.45, 7) is 4.65. The first-order chi connectivity index (χ1) is 14.3. The molecular weight excluding hydrogens is 414 g/mol. The van der Waals surface area contributed by atoms with Crippen molar-refractivity contribution in [3.05, 3.63) is 0 Å². The third kappa shape index (κ3) is 10.4. The number of nitrogens with one attached hydrogen (secondary N) is 3. The Labute approximate surface area is 179 Å². The number of nitrogens with two attached hydrogens (primary N) is 2. The van der Waals surface area contributed by atoms with Gasteiger partial charge >= 0.3 is 11.9 Å². The van der Waals surface area contributed by atoms with Gasteiger partial charge in [0.2, 0.25) is 23.6 Å². The van der Waals surface area contributed by atoms with Crippen molar-refractivity contribution in [2.45, 2.75) is 70.6 Å². The number of amides is 4. The van der Waals surface area contributed by atoms with Crippen LogP contribution in [0.15, 0.2) is 0 Å². The molecule has 13 heteroatoms. The van der Waals surface area contributed by atoms with Crippen LogP contribution in [0.1, 0.15) is 46.5 Å². The van der Waals surface area contributed by atoms with Crippen LogP contribution in [0.3, 0.4) is 0 Å². The zero-order chi connectivity index (χ0) is 24.3. The number of primary amides is 1. The molecule has 176 valence electrons. The molecule has 4 amide bonds. The van der Waals surface area contributed by atoms with E-state index in [0.717, 1.165) is 0 Å². The van der Waals surface area contributed by atoms with Gasteiger partial charge in [0.15, 0.2) is 0 Å². The second kappa shape index (κ2) is 13.2. The lowest BCUT2D eigenvalue weighted by molar-refractivity contribution is -0.144. The van der Waals surface area contributed by atoms with Gasteiger partial charge in [0.25, 0.3) is 0 Å². The molecule has 0 aromatic carbocycles. The van der Waals surface area contributed by atoms with Gasteiger partial charge in [0, 0.05) is 6.42 Å². The van der Waals surface area contributed by atoms with E-state index in [-0.39, 0.29) is 6.42 Å². The maximum absolute atomic E-state index is 12.6. The molecule has 0 aliphatic heterocycles. The number of carbonyl (C=O) groups excluding carboxylic acids is 4. The van der Waals surface area contributed by atoms with Crippen molar-refractivity contribution in [3.63, 3.8) is 0 Å². The van der Waals surface area contributed by atoms with E-state index in [1.54, 1.807) is 13.8 Å². The third-order valence-corrected chi connectivity index (χ3v) is 4.57. The van der Waals surface area contributed by atoms with Crippen LogP contribution in [0.4, 0.5) is 0 Å². The minimum absolute atomic E-state index is 0.304. The highest BCUT2D eigenvalue weighted by molar-refractivity contribution is 5.95. The summed E-state index contributed by atoms with van der Waals surface area (Å²) in [5.74, 6) is -6.23. The van der Waals surface area contributed by atoms with Gasteiger partial charge in [-0.1, -0.05) is 20.3 Å². The van der Waals surface area contributed by atoms with Gasteiger partial charge in [-0.3, -0.25) is 24.0 Å². The first kappa shape index (κ1) is 27.8. The fraction of sp³-hybridized carbons (Fsp3) is 0.667. The predicted octanol–water partition coefficient (Wildman–Crippen LogP) is -2.34. The Balaban J connectivity index is 5.23. The van der Waals surface area contributed by atoms with Gasteiger partial charge in [-0.15, -0.1) is 0 Å². The summed E-state index contributed by atoms with van der Waals surface area (Å²) in [7, 11) is 0. The number of carboxylic acids is 2. The van der Waals surface area contributed by atoms with Crippen LogP contribution in [0.5, 0.6) is 0 Å². The molecule has 5 atom stereocenters. The molecule has 0 heterocycles. The molecule has 0 saturated carbocycles. The Morgan fingerprint density at radius 2 is 1.48 bits per heavy atom. The first-order valence-corrected chi connectivity index (χ1v) is 9.69. The Hall–Kier alpha value is -3.22. The summed E-state index contributed by atoms with van der Waals surface area (Å²) in [5.41, 5.74) is 10.5. The van der Waals surface area contributed by atoms with Gasteiger partial charge < -0.3 is 37.6 Å². The van der Waals surface area contributed by atoms with Gasteiger partial charge in [0.05, 0.1) is 12.5 Å². The zero-order valence-electron chi connectivity index (χ0n) is 17.7. The third-order valence-electron chi connectivity index (χ3n) is 4.57. The number of aliphatic carboxylic acids is 2. The maximum Gasteiger partial charge on any atom is 0.326 e. The highest BCUT2D eigenvalue weighted by Gasteiger charge is 2.31. The molecule has 5 unspecified atom stereocenters. The van der Waals surface area contributed by atoms with Gasteiger partial charge in [0.1, 0.15) is 18.1 Å². The van der Waals surface area contributed by atoms with Crippen molar-refractivity contribution in [1.82, 2.24) is 16.0 Å². The van der Waals surface area contributed by atoms with E-state index in [9.17, 15) is 33.9 Å². The minimum atomic E-state index is -1.35. The minimum Gasteiger partial charge on any atom is -0.481 e. The van der Waals surface area contributed by atoms with Crippen molar-refractivity contribution < 1.29 is 39.0 Å². The van der Waals surface area contributed by atoms with Gasteiger partial charge in [-0.2, -0.15) is 0 Å². The molecule has 0 bridgehead atoms. The number of carboxylic acid groups (broad SMARTS) is 2. The van der Waals surface area contributed by atoms with E-state index in [2.05, 4.69) is 16.0 Å². The predicted molar refractivity (Wildman–Crippen MR) is 107 cm³/mol. The number of rotatable bonds is 14. The van der Waals surface area contributed by atoms with Crippen molar-refractivity contribution in [2.75, 3.05) is 0 Å². The second-order valence-electron chi connectivity index (χ2n) is 7.21. The normalized spacial score (nSPS) is 15.5. The standard InChI is InChI=1S/C18H31N5O8/c1-4-8(2)14(18(30)31)23-17(29)11(5-6-13(25)26)22-15(27)9(3)21-16(28)10(19)7-12(20)24/h8-11,14H,4-7,19H2,1-3H3,(H2,20,24)(H,21,28)(H,22,27)(H,23,29)(H,25,26)(H,30,31). The summed E-state index contributed by atoms with van der Waals surface area (Å²) in [4.78, 5) is 70.0. The molecule has 0 radical (unpaired) electrons. The van der Waals surface area contributed by atoms with Crippen LogP contribution in [-0.4, -0.2) is 69.9 Å². The van der Waals surface area contributed by atoms with E-state index in [1.165, 1.54) is 6.92 Å². The molecule has 9 N–H and O–H groups in total. The zero-order valence-corrected chi connectivity index (χ0v) is 17.7. The molecule has 0 aromatic rings. The van der Waals surface area contributed by atoms with Gasteiger partial charge in [-0.25, -0.2) is 4.79 Å². The molecule has 0 spiro atoms. The average molecular weight is 445 g/mol. The van der Waals surface area contributed by atoms with E-state index >= 15 is 0 Å². The van der Waals surface area contributed by atoms with E-state index in [0.29, 0.717) is 6.42 Å². The fourth-order valence-corrected chi connectivity index (χ4v) is 2.47. The van der Waals surface area contributed by atoms with Crippen LogP contribution >= 0.6 is 0 Å². The molecule has 13 nitrogen and oxygen atoms in total. The van der Waals surface area contributed by atoms with E-state index in [4.69, 9.17) is 16.6 Å². The first-order valence-electron chi connectivity index (χ1n) is 9.69. The summed E-state index contributed by atoms with van der Waals surface area (Å²) >= 11 is 0. The number of hydrogen-bond donors (Lipinski definition) is 7. The molecular formula is C18H31N5O8. The largest absolute Gasteiger partial charge is 0.481 e. The Morgan fingerprint density at radius 1 is 0.903 bits per heavy atom. The van der Waals surface area contributed by atoms with Crippen molar-refractivity contribution >= 4 is 35.6 Å². The average Bonchev–Trinajstić information content (AvgIpc) is 2.66. The molecule has 0 rings (SSSR count). The molecule has 0 fully saturated rings. The van der Waals surface area contributed by atoms with Gasteiger partial charge in [-0.05, 0) is 19.3 Å².